The molecule has 0 fully saturated rings. The quantitative estimate of drug-likeness (QED) is 0.614. The van der Waals surface area contributed by atoms with Crippen molar-refractivity contribution in [3.63, 3.8) is 0 Å². The lowest BCUT2D eigenvalue weighted by molar-refractivity contribution is -0.153. The minimum atomic E-state index is -4.49. The zero-order valence-corrected chi connectivity index (χ0v) is 14.7. The second-order valence-corrected chi connectivity index (χ2v) is 5.60. The molecule has 0 bridgehead atoms. The molecule has 0 saturated heterocycles. The van der Waals surface area contributed by atoms with Crippen LogP contribution >= 0.6 is 0 Å². The molecule has 0 aromatic carbocycles. The number of ether oxygens (including phenoxy) is 3. The summed E-state index contributed by atoms with van der Waals surface area (Å²) in [5, 5.41) is 14.1. The van der Waals surface area contributed by atoms with Gasteiger partial charge in [-0.25, -0.2) is 9.50 Å². The highest BCUT2D eigenvalue weighted by Gasteiger charge is 2.29. The van der Waals surface area contributed by atoms with Gasteiger partial charge >= 0.3 is 6.18 Å². The van der Waals surface area contributed by atoms with Gasteiger partial charge in [0.1, 0.15) is 11.4 Å². The summed E-state index contributed by atoms with van der Waals surface area (Å²) < 4.78 is 54.0. The van der Waals surface area contributed by atoms with E-state index in [0.717, 1.165) is 0 Å². The molecule has 0 aliphatic heterocycles. The summed E-state index contributed by atoms with van der Waals surface area (Å²) in [6.07, 6.45) is -1.29. The van der Waals surface area contributed by atoms with Crippen LogP contribution in [0.4, 0.5) is 13.2 Å². The predicted octanol–water partition coefficient (Wildman–Crippen LogP) is 3.74. The molecule has 0 radical (unpaired) electrons. The standard InChI is InChI=1S/C18H16F3N3O4/c1-3-12-13-9-11(6-8-24(13)23-15(12)17(25)26-2)28-16-14(5-4-7-22-16)27-10-18(19,20)21/h3-9,17,25H,1,10H2,2H3. The first-order valence-corrected chi connectivity index (χ1v) is 8.00. The van der Waals surface area contributed by atoms with Gasteiger partial charge in [0.15, 0.2) is 12.4 Å². The molecule has 7 nitrogen and oxygen atoms in total. The molecule has 0 saturated carbocycles. The van der Waals surface area contributed by atoms with E-state index in [1.807, 2.05) is 0 Å². The Balaban J connectivity index is 1.92. The molecular formula is C18H16F3N3O4. The van der Waals surface area contributed by atoms with E-state index >= 15 is 0 Å². The molecule has 0 amide bonds. The monoisotopic (exact) mass is 395 g/mol. The second-order valence-electron chi connectivity index (χ2n) is 5.60. The SMILES string of the molecule is C=Cc1c(C(O)OC)nn2ccc(Oc3ncccc3OCC(F)(F)F)cc12. The first-order valence-electron chi connectivity index (χ1n) is 8.00. The summed E-state index contributed by atoms with van der Waals surface area (Å²) >= 11 is 0. The molecule has 3 heterocycles. The number of aliphatic hydroxyl groups excluding tert-OH is 1. The number of nitrogens with zero attached hydrogens (tertiary/aromatic N) is 3. The second kappa shape index (κ2) is 7.87. The first kappa shape index (κ1) is 19.6. The Bertz CT molecular complexity index is 988. The van der Waals surface area contributed by atoms with Crippen LogP contribution < -0.4 is 9.47 Å². The van der Waals surface area contributed by atoms with Gasteiger partial charge in [-0.3, -0.25) is 0 Å². The van der Waals surface area contributed by atoms with Gasteiger partial charge in [0.05, 0.1) is 5.52 Å². The number of rotatable bonds is 7. The van der Waals surface area contributed by atoms with Crippen molar-refractivity contribution < 1.29 is 32.5 Å². The highest BCUT2D eigenvalue weighted by molar-refractivity contribution is 5.72. The van der Waals surface area contributed by atoms with Crippen LogP contribution in [0.15, 0.2) is 43.2 Å². The highest BCUT2D eigenvalue weighted by Crippen LogP contribution is 2.32. The van der Waals surface area contributed by atoms with Crippen molar-refractivity contribution in [2.45, 2.75) is 12.5 Å². The molecule has 0 spiro atoms. The van der Waals surface area contributed by atoms with Gasteiger partial charge in [-0.15, -0.1) is 0 Å². The van der Waals surface area contributed by atoms with Crippen LogP contribution in [0.3, 0.4) is 0 Å². The topological polar surface area (TPSA) is 78.1 Å². The molecule has 3 aromatic heterocycles. The van der Waals surface area contributed by atoms with Crippen LogP contribution in [-0.2, 0) is 4.74 Å². The van der Waals surface area contributed by atoms with Crippen molar-refractivity contribution in [2.24, 2.45) is 0 Å². The number of aliphatic hydroxyl groups is 1. The molecule has 0 aliphatic carbocycles. The van der Waals surface area contributed by atoms with Gasteiger partial charge in [0, 0.05) is 31.1 Å². The van der Waals surface area contributed by atoms with Crippen LogP contribution in [0, 0.1) is 0 Å². The Morgan fingerprint density at radius 3 is 2.82 bits per heavy atom. The van der Waals surface area contributed by atoms with Gasteiger partial charge in [0.2, 0.25) is 6.29 Å². The molecule has 1 atom stereocenters. The van der Waals surface area contributed by atoms with Crippen molar-refractivity contribution in [1.82, 2.24) is 14.6 Å². The van der Waals surface area contributed by atoms with E-state index in [9.17, 15) is 18.3 Å². The van der Waals surface area contributed by atoms with Crippen LogP contribution in [0.2, 0.25) is 0 Å². The number of methoxy groups -OCH3 is 1. The predicted molar refractivity (Wildman–Crippen MR) is 93.1 cm³/mol. The smallest absolute Gasteiger partial charge is 0.422 e. The lowest BCUT2D eigenvalue weighted by Crippen LogP contribution is -2.19. The normalized spacial score (nSPS) is 12.8. The van der Waals surface area contributed by atoms with E-state index in [-0.39, 0.29) is 23.1 Å². The summed E-state index contributed by atoms with van der Waals surface area (Å²) in [4.78, 5) is 3.93. The van der Waals surface area contributed by atoms with Crippen molar-refractivity contribution in [1.29, 1.82) is 0 Å². The summed E-state index contributed by atoms with van der Waals surface area (Å²) in [7, 11) is 1.33. The van der Waals surface area contributed by atoms with Crippen molar-refractivity contribution in [3.05, 3.63) is 54.5 Å². The minimum Gasteiger partial charge on any atom is -0.478 e. The Kier molecular flexibility index (Phi) is 5.52. The van der Waals surface area contributed by atoms with E-state index in [1.54, 1.807) is 12.3 Å². The van der Waals surface area contributed by atoms with Gasteiger partial charge in [0.25, 0.3) is 5.88 Å². The fourth-order valence-electron chi connectivity index (χ4n) is 2.46. The lowest BCUT2D eigenvalue weighted by atomic mass is 10.2. The van der Waals surface area contributed by atoms with Crippen LogP contribution in [0.5, 0.6) is 17.4 Å². The Morgan fingerprint density at radius 1 is 1.36 bits per heavy atom. The summed E-state index contributed by atoms with van der Waals surface area (Å²) in [6.45, 7) is 2.24. The zero-order chi connectivity index (χ0) is 20.3. The molecule has 3 aromatic rings. The van der Waals surface area contributed by atoms with Crippen molar-refractivity contribution in [2.75, 3.05) is 13.7 Å². The van der Waals surface area contributed by atoms with Crippen molar-refractivity contribution in [3.8, 4) is 17.4 Å². The molecule has 10 heteroatoms. The van der Waals surface area contributed by atoms with Crippen LogP contribution in [0.25, 0.3) is 11.6 Å². The summed E-state index contributed by atoms with van der Waals surface area (Å²) in [5.74, 6) is 0.0186. The Hall–Kier alpha value is -3.11. The number of halogens is 3. The van der Waals surface area contributed by atoms with Gasteiger partial charge in [-0.2, -0.15) is 18.3 Å². The van der Waals surface area contributed by atoms with Crippen LogP contribution in [0.1, 0.15) is 17.5 Å². The highest BCUT2D eigenvalue weighted by atomic mass is 19.4. The van der Waals surface area contributed by atoms with E-state index in [4.69, 9.17) is 14.2 Å². The van der Waals surface area contributed by atoms with Gasteiger partial charge in [-0.1, -0.05) is 12.7 Å². The van der Waals surface area contributed by atoms with Gasteiger partial charge < -0.3 is 19.3 Å². The Labute approximate surface area is 157 Å². The average molecular weight is 395 g/mol. The number of hydrogen-bond acceptors (Lipinski definition) is 6. The number of fused-ring (bicyclic) bond motifs is 1. The molecule has 0 aliphatic rings. The number of aromatic nitrogens is 3. The van der Waals surface area contributed by atoms with E-state index in [0.29, 0.717) is 11.1 Å². The third-order valence-corrected chi connectivity index (χ3v) is 3.68. The molecule has 148 valence electrons. The Morgan fingerprint density at radius 2 is 2.14 bits per heavy atom. The average Bonchev–Trinajstić information content (AvgIpc) is 3.04. The van der Waals surface area contributed by atoms with Crippen molar-refractivity contribution >= 4 is 11.6 Å². The maximum Gasteiger partial charge on any atom is 0.422 e. The van der Waals surface area contributed by atoms with E-state index < -0.39 is 19.1 Å². The maximum atomic E-state index is 12.4. The van der Waals surface area contributed by atoms with Gasteiger partial charge in [-0.05, 0) is 18.2 Å². The molecular weight excluding hydrogens is 379 g/mol. The molecule has 1 N–H and O–H groups in total. The number of hydrogen-bond donors (Lipinski definition) is 1. The third-order valence-electron chi connectivity index (χ3n) is 3.68. The van der Waals surface area contributed by atoms with E-state index in [1.165, 1.54) is 42.1 Å². The minimum absolute atomic E-state index is 0.118. The number of pyridine rings is 2. The van der Waals surface area contributed by atoms with Crippen LogP contribution in [-0.4, -0.2) is 39.6 Å². The summed E-state index contributed by atoms with van der Waals surface area (Å²) in [6, 6.07) is 5.89. The molecule has 3 rings (SSSR count). The molecule has 28 heavy (non-hydrogen) atoms. The van der Waals surface area contributed by atoms with E-state index in [2.05, 4.69) is 16.7 Å². The first-order chi connectivity index (χ1) is 13.3. The zero-order valence-electron chi connectivity index (χ0n) is 14.7. The largest absolute Gasteiger partial charge is 0.478 e. The maximum absolute atomic E-state index is 12.4. The number of alkyl halides is 3. The fraction of sp³-hybridized carbons (Fsp3) is 0.222. The summed E-state index contributed by atoms with van der Waals surface area (Å²) in [5.41, 5.74) is 1.34. The fourth-order valence-corrected chi connectivity index (χ4v) is 2.46. The molecule has 1 unspecified atom stereocenters. The lowest BCUT2D eigenvalue weighted by Gasteiger charge is -2.12. The third kappa shape index (κ3) is 4.24.